The molecule has 2 rings (SSSR count). The van der Waals surface area contributed by atoms with E-state index in [1.54, 1.807) is 0 Å². The van der Waals surface area contributed by atoms with E-state index in [9.17, 15) is 0 Å². The lowest BCUT2D eigenvalue weighted by Gasteiger charge is -2.22. The Morgan fingerprint density at radius 1 is 1.22 bits per heavy atom. The van der Waals surface area contributed by atoms with Crippen molar-refractivity contribution in [1.82, 2.24) is 10.1 Å². The number of rotatable bonds is 4. The summed E-state index contributed by atoms with van der Waals surface area (Å²) >= 11 is 0. The molecule has 0 radical (unpaired) electrons. The van der Waals surface area contributed by atoms with Crippen LogP contribution in [0.1, 0.15) is 70.5 Å². The van der Waals surface area contributed by atoms with Crippen molar-refractivity contribution in [3.8, 4) is 0 Å². The van der Waals surface area contributed by atoms with Crippen molar-refractivity contribution in [1.29, 1.82) is 0 Å². The Morgan fingerprint density at radius 2 is 1.89 bits per heavy atom. The molecule has 1 aliphatic carbocycles. The normalized spacial score (nSPS) is 20.0. The third-order valence-electron chi connectivity index (χ3n) is 3.84. The van der Waals surface area contributed by atoms with Crippen LogP contribution < -0.4 is 5.73 Å². The Labute approximate surface area is 109 Å². The lowest BCUT2D eigenvalue weighted by molar-refractivity contribution is 0.256. The van der Waals surface area contributed by atoms with Crippen molar-refractivity contribution in [2.45, 2.75) is 70.8 Å². The van der Waals surface area contributed by atoms with Crippen molar-refractivity contribution in [2.24, 2.45) is 11.7 Å². The number of aryl methyl sites for hydroxylation is 1. The molecule has 4 heteroatoms. The minimum atomic E-state index is -0.375. The summed E-state index contributed by atoms with van der Waals surface area (Å²) in [6.07, 6.45) is 8.80. The van der Waals surface area contributed by atoms with Gasteiger partial charge in [0.1, 0.15) is 0 Å². The molecule has 1 aliphatic rings. The highest BCUT2D eigenvalue weighted by Gasteiger charge is 2.34. The molecule has 0 saturated heterocycles. The lowest BCUT2D eigenvalue weighted by Crippen LogP contribution is -2.36. The molecule has 1 aromatic rings. The molecule has 1 fully saturated rings. The minimum Gasteiger partial charge on any atom is -0.337 e. The predicted octanol–water partition coefficient (Wildman–Crippen LogP) is 3.17. The maximum absolute atomic E-state index is 6.45. The summed E-state index contributed by atoms with van der Waals surface area (Å²) in [6.45, 7) is 4.41. The highest BCUT2D eigenvalue weighted by molar-refractivity contribution is 5.03. The topological polar surface area (TPSA) is 64.9 Å². The summed E-state index contributed by atoms with van der Waals surface area (Å²) in [7, 11) is 0. The Balaban J connectivity index is 2.03. The molecule has 0 aliphatic heterocycles. The van der Waals surface area contributed by atoms with Gasteiger partial charge in [-0.05, 0) is 25.2 Å². The Morgan fingerprint density at radius 3 is 2.50 bits per heavy atom. The first-order chi connectivity index (χ1) is 8.60. The quantitative estimate of drug-likeness (QED) is 0.835. The van der Waals surface area contributed by atoms with Crippen LogP contribution in [-0.2, 0) is 12.0 Å². The zero-order chi connectivity index (χ0) is 13.0. The molecule has 1 heterocycles. The SMILES string of the molecule is CC(C)CCc1noc(C2(N)CCCCCC2)n1. The minimum absolute atomic E-state index is 0.375. The van der Waals surface area contributed by atoms with E-state index >= 15 is 0 Å². The molecule has 1 saturated carbocycles. The van der Waals surface area contributed by atoms with E-state index in [1.807, 2.05) is 0 Å². The van der Waals surface area contributed by atoms with Crippen molar-refractivity contribution < 1.29 is 4.52 Å². The average molecular weight is 251 g/mol. The summed E-state index contributed by atoms with van der Waals surface area (Å²) < 4.78 is 5.41. The second-order valence-electron chi connectivity index (χ2n) is 6.02. The van der Waals surface area contributed by atoms with Gasteiger partial charge in [-0.1, -0.05) is 44.7 Å². The van der Waals surface area contributed by atoms with Gasteiger partial charge in [0, 0.05) is 6.42 Å². The van der Waals surface area contributed by atoms with E-state index < -0.39 is 0 Å². The number of aromatic nitrogens is 2. The molecule has 0 unspecified atom stereocenters. The maximum atomic E-state index is 6.45. The van der Waals surface area contributed by atoms with E-state index in [0.29, 0.717) is 11.8 Å². The monoisotopic (exact) mass is 251 g/mol. The van der Waals surface area contributed by atoms with Crippen LogP contribution in [0.4, 0.5) is 0 Å². The molecule has 1 aromatic heterocycles. The van der Waals surface area contributed by atoms with Crippen LogP contribution in [0.5, 0.6) is 0 Å². The Kier molecular flexibility index (Phi) is 4.38. The van der Waals surface area contributed by atoms with E-state index in [-0.39, 0.29) is 5.54 Å². The maximum Gasteiger partial charge on any atom is 0.246 e. The van der Waals surface area contributed by atoms with E-state index in [2.05, 4.69) is 24.0 Å². The zero-order valence-electron chi connectivity index (χ0n) is 11.6. The first-order valence-electron chi connectivity index (χ1n) is 7.22. The van der Waals surface area contributed by atoms with Crippen molar-refractivity contribution in [3.05, 3.63) is 11.7 Å². The number of hydrogen-bond acceptors (Lipinski definition) is 4. The fraction of sp³-hybridized carbons (Fsp3) is 0.857. The van der Waals surface area contributed by atoms with Gasteiger partial charge in [-0.2, -0.15) is 4.98 Å². The van der Waals surface area contributed by atoms with Crippen LogP contribution in [0.15, 0.2) is 4.52 Å². The second kappa shape index (κ2) is 5.83. The molecule has 0 aromatic carbocycles. The first kappa shape index (κ1) is 13.5. The largest absolute Gasteiger partial charge is 0.337 e. The fourth-order valence-corrected chi connectivity index (χ4v) is 2.55. The molecular weight excluding hydrogens is 226 g/mol. The molecular formula is C14H25N3O. The van der Waals surface area contributed by atoms with Crippen LogP contribution in [-0.4, -0.2) is 10.1 Å². The van der Waals surface area contributed by atoms with Crippen molar-refractivity contribution in [2.75, 3.05) is 0 Å². The summed E-state index contributed by atoms with van der Waals surface area (Å²) in [4.78, 5) is 4.52. The molecule has 0 atom stereocenters. The van der Waals surface area contributed by atoms with Gasteiger partial charge in [-0.3, -0.25) is 0 Å². The highest BCUT2D eigenvalue weighted by atomic mass is 16.5. The Hall–Kier alpha value is -0.900. The van der Waals surface area contributed by atoms with E-state index in [4.69, 9.17) is 10.3 Å². The molecule has 18 heavy (non-hydrogen) atoms. The highest BCUT2D eigenvalue weighted by Crippen LogP contribution is 2.32. The standard InChI is InChI=1S/C14H25N3O/c1-11(2)7-8-12-16-13(18-17-12)14(15)9-5-3-4-6-10-14/h11H,3-10,15H2,1-2H3. The van der Waals surface area contributed by atoms with E-state index in [0.717, 1.165) is 31.5 Å². The third kappa shape index (κ3) is 3.31. The van der Waals surface area contributed by atoms with Crippen LogP contribution in [0.3, 0.4) is 0 Å². The first-order valence-corrected chi connectivity index (χ1v) is 7.22. The van der Waals surface area contributed by atoms with Crippen molar-refractivity contribution >= 4 is 0 Å². The second-order valence-corrected chi connectivity index (χ2v) is 6.02. The van der Waals surface area contributed by atoms with Crippen LogP contribution in [0.25, 0.3) is 0 Å². The van der Waals surface area contributed by atoms with Gasteiger partial charge in [0.2, 0.25) is 5.89 Å². The summed E-state index contributed by atoms with van der Waals surface area (Å²) in [5, 5.41) is 4.07. The van der Waals surface area contributed by atoms with Gasteiger partial charge < -0.3 is 10.3 Å². The average Bonchev–Trinajstić information content (AvgIpc) is 2.70. The van der Waals surface area contributed by atoms with Gasteiger partial charge in [0.15, 0.2) is 5.82 Å². The Bertz CT molecular complexity index is 365. The van der Waals surface area contributed by atoms with Crippen LogP contribution in [0.2, 0.25) is 0 Å². The predicted molar refractivity (Wildman–Crippen MR) is 71.0 cm³/mol. The summed E-state index contributed by atoms with van der Waals surface area (Å²) in [6, 6.07) is 0. The van der Waals surface area contributed by atoms with Crippen molar-refractivity contribution in [3.63, 3.8) is 0 Å². The smallest absolute Gasteiger partial charge is 0.246 e. The van der Waals surface area contributed by atoms with Crippen LogP contribution in [0, 0.1) is 5.92 Å². The third-order valence-corrected chi connectivity index (χ3v) is 3.84. The number of hydrogen-bond donors (Lipinski definition) is 1. The molecule has 2 N–H and O–H groups in total. The molecule has 0 amide bonds. The van der Waals surface area contributed by atoms with Gasteiger partial charge in [-0.15, -0.1) is 0 Å². The number of nitrogens with two attached hydrogens (primary N) is 1. The van der Waals surface area contributed by atoms with Gasteiger partial charge in [0.25, 0.3) is 0 Å². The van der Waals surface area contributed by atoms with Gasteiger partial charge in [0.05, 0.1) is 5.54 Å². The summed E-state index contributed by atoms with van der Waals surface area (Å²) in [5.41, 5.74) is 6.08. The number of nitrogens with zero attached hydrogens (tertiary/aromatic N) is 2. The summed E-state index contributed by atoms with van der Waals surface area (Å²) in [5.74, 6) is 2.13. The zero-order valence-corrected chi connectivity index (χ0v) is 11.6. The molecule has 0 spiro atoms. The lowest BCUT2D eigenvalue weighted by atomic mass is 9.91. The van der Waals surface area contributed by atoms with Crippen LogP contribution >= 0.6 is 0 Å². The fourth-order valence-electron chi connectivity index (χ4n) is 2.55. The van der Waals surface area contributed by atoms with Gasteiger partial charge >= 0.3 is 0 Å². The molecule has 0 bridgehead atoms. The molecule has 4 nitrogen and oxygen atoms in total. The van der Waals surface area contributed by atoms with E-state index in [1.165, 1.54) is 25.7 Å². The van der Waals surface area contributed by atoms with Gasteiger partial charge in [-0.25, -0.2) is 0 Å². The molecule has 102 valence electrons.